The Balaban J connectivity index is 1.28. The molecule has 2 atom stereocenters. The van der Waals surface area contributed by atoms with E-state index in [2.05, 4.69) is 68.5 Å². The van der Waals surface area contributed by atoms with E-state index in [1.54, 1.807) is 5.57 Å². The molecule has 3 nitrogen and oxygen atoms in total. The lowest BCUT2D eigenvalue weighted by Crippen LogP contribution is -2.43. The minimum atomic E-state index is -0.136. The van der Waals surface area contributed by atoms with Gasteiger partial charge in [-0.1, -0.05) is 74.0 Å². The van der Waals surface area contributed by atoms with Crippen molar-refractivity contribution in [1.82, 2.24) is 4.90 Å². The first-order valence-electron chi connectivity index (χ1n) is 11.4. The summed E-state index contributed by atoms with van der Waals surface area (Å²) in [5, 5.41) is 0. The third kappa shape index (κ3) is 3.45. The molecule has 1 fully saturated rings. The van der Waals surface area contributed by atoms with Gasteiger partial charge in [0, 0.05) is 12.0 Å². The molecular weight excluding hydrogens is 370 g/mol. The van der Waals surface area contributed by atoms with Gasteiger partial charge in [0.05, 0.1) is 6.04 Å². The van der Waals surface area contributed by atoms with Crippen molar-refractivity contribution < 1.29 is 9.53 Å². The van der Waals surface area contributed by atoms with Crippen LogP contribution in [0.25, 0.3) is 11.1 Å². The third-order valence-corrected chi connectivity index (χ3v) is 7.06. The predicted octanol–water partition coefficient (Wildman–Crippen LogP) is 6.53. The number of fused-ring (bicyclic) bond motifs is 5. The van der Waals surface area contributed by atoms with E-state index >= 15 is 0 Å². The normalized spacial score (nSPS) is 22.1. The van der Waals surface area contributed by atoms with Crippen LogP contribution in [0.3, 0.4) is 0 Å². The van der Waals surface area contributed by atoms with Crippen LogP contribution in [-0.4, -0.2) is 29.7 Å². The van der Waals surface area contributed by atoms with Crippen molar-refractivity contribution >= 4 is 6.09 Å². The van der Waals surface area contributed by atoms with E-state index in [1.165, 1.54) is 35.1 Å². The molecule has 1 amide bonds. The van der Waals surface area contributed by atoms with Gasteiger partial charge in [-0.2, -0.15) is 0 Å². The van der Waals surface area contributed by atoms with Crippen molar-refractivity contribution in [2.24, 2.45) is 5.92 Å². The summed E-state index contributed by atoms with van der Waals surface area (Å²) in [5.74, 6) is 0.852. The minimum absolute atomic E-state index is 0.126. The Kier molecular flexibility index (Phi) is 5.14. The number of carbonyl (C=O) groups is 1. The van der Waals surface area contributed by atoms with Gasteiger partial charge in [-0.25, -0.2) is 4.79 Å². The average Bonchev–Trinajstić information content (AvgIpc) is 3.22. The number of hydrogen-bond donors (Lipinski definition) is 0. The zero-order chi connectivity index (χ0) is 20.7. The van der Waals surface area contributed by atoms with E-state index in [-0.39, 0.29) is 18.1 Å². The Bertz CT molecular complexity index is 931. The van der Waals surface area contributed by atoms with Gasteiger partial charge in [0.25, 0.3) is 0 Å². The van der Waals surface area contributed by atoms with Crippen molar-refractivity contribution in [2.75, 3.05) is 6.61 Å². The quantitative estimate of drug-likeness (QED) is 0.533. The van der Waals surface area contributed by atoms with E-state index in [1.807, 2.05) is 4.90 Å². The zero-order valence-corrected chi connectivity index (χ0v) is 18.0. The fourth-order valence-electron chi connectivity index (χ4n) is 5.53. The fraction of sp³-hybridized carbons (Fsp3) is 0.444. The molecular formula is C27H31NO2. The lowest BCUT2D eigenvalue weighted by molar-refractivity contribution is 0.0848. The first kappa shape index (κ1) is 19.4. The van der Waals surface area contributed by atoms with Gasteiger partial charge in [-0.05, 0) is 60.3 Å². The summed E-state index contributed by atoms with van der Waals surface area (Å²) in [6, 6.07) is 17.5. The lowest BCUT2D eigenvalue weighted by Gasteiger charge is -2.33. The Morgan fingerprint density at radius 3 is 2.33 bits per heavy atom. The predicted molar refractivity (Wildman–Crippen MR) is 120 cm³/mol. The summed E-state index contributed by atoms with van der Waals surface area (Å²) >= 11 is 0. The van der Waals surface area contributed by atoms with Gasteiger partial charge < -0.3 is 4.74 Å². The Morgan fingerprint density at radius 2 is 1.70 bits per heavy atom. The smallest absolute Gasteiger partial charge is 0.410 e. The van der Waals surface area contributed by atoms with E-state index in [9.17, 15) is 4.79 Å². The maximum atomic E-state index is 13.1. The van der Waals surface area contributed by atoms with Gasteiger partial charge in [0.1, 0.15) is 6.61 Å². The highest BCUT2D eigenvalue weighted by Gasteiger charge is 2.40. The van der Waals surface area contributed by atoms with Crippen molar-refractivity contribution in [3.63, 3.8) is 0 Å². The molecule has 2 heterocycles. The average molecular weight is 402 g/mol. The molecule has 2 aliphatic heterocycles. The monoisotopic (exact) mass is 401 g/mol. The van der Waals surface area contributed by atoms with Gasteiger partial charge in [0.2, 0.25) is 0 Å². The summed E-state index contributed by atoms with van der Waals surface area (Å²) in [6.45, 7) is 4.97. The summed E-state index contributed by atoms with van der Waals surface area (Å²) in [7, 11) is 0. The standard InChI is InChI=1S/C27H31NO2/c1-18(2)11-12-19-15-20-13-14-21(16-19)28(20)27(29)30-17-26-24-9-5-3-7-22(24)23-8-4-6-10-25(23)26/h3-10,15,18,20-21,26H,11-14,16-17H2,1-2H3. The molecule has 2 aromatic carbocycles. The molecule has 2 unspecified atom stereocenters. The molecule has 1 aliphatic carbocycles. The molecule has 156 valence electrons. The molecule has 0 radical (unpaired) electrons. The lowest BCUT2D eigenvalue weighted by atomic mass is 9.94. The summed E-state index contributed by atoms with van der Waals surface area (Å²) in [5.41, 5.74) is 6.61. The first-order chi connectivity index (χ1) is 14.6. The van der Waals surface area contributed by atoms with Crippen molar-refractivity contribution in [2.45, 2.75) is 64.0 Å². The number of benzene rings is 2. The van der Waals surface area contributed by atoms with Gasteiger partial charge >= 0.3 is 6.09 Å². The van der Waals surface area contributed by atoms with Gasteiger partial charge in [-0.3, -0.25) is 4.90 Å². The topological polar surface area (TPSA) is 29.5 Å². The van der Waals surface area contributed by atoms with Crippen molar-refractivity contribution in [3.8, 4) is 11.1 Å². The van der Waals surface area contributed by atoms with E-state index in [4.69, 9.17) is 4.74 Å². The number of rotatable bonds is 5. The molecule has 0 aromatic heterocycles. The van der Waals surface area contributed by atoms with E-state index < -0.39 is 0 Å². The highest BCUT2D eigenvalue weighted by atomic mass is 16.6. The Hall–Kier alpha value is -2.55. The molecule has 3 aliphatic rings. The van der Waals surface area contributed by atoms with Crippen LogP contribution >= 0.6 is 0 Å². The second kappa shape index (κ2) is 7.94. The van der Waals surface area contributed by atoms with Crippen LogP contribution in [0.1, 0.15) is 63.0 Å². The van der Waals surface area contributed by atoms with Crippen molar-refractivity contribution in [3.05, 3.63) is 71.3 Å². The fourth-order valence-corrected chi connectivity index (χ4v) is 5.53. The second-order valence-corrected chi connectivity index (χ2v) is 9.47. The molecule has 1 saturated heterocycles. The number of carbonyl (C=O) groups excluding carboxylic acids is 1. The van der Waals surface area contributed by atoms with Gasteiger partial charge in [0.15, 0.2) is 0 Å². The van der Waals surface area contributed by atoms with Crippen LogP contribution in [0.4, 0.5) is 4.79 Å². The highest BCUT2D eigenvalue weighted by molar-refractivity contribution is 5.79. The molecule has 3 heteroatoms. The molecule has 0 N–H and O–H groups in total. The van der Waals surface area contributed by atoms with E-state index in [0.717, 1.165) is 25.2 Å². The number of hydrogen-bond acceptors (Lipinski definition) is 2. The molecule has 2 aromatic rings. The molecule has 5 rings (SSSR count). The first-order valence-corrected chi connectivity index (χ1v) is 11.4. The Labute approximate surface area is 179 Å². The second-order valence-electron chi connectivity index (χ2n) is 9.47. The zero-order valence-electron chi connectivity index (χ0n) is 18.0. The number of nitrogens with zero attached hydrogens (tertiary/aromatic N) is 1. The summed E-state index contributed by atoms with van der Waals surface area (Å²) in [6.07, 6.45) is 7.81. The molecule has 0 spiro atoms. The summed E-state index contributed by atoms with van der Waals surface area (Å²) < 4.78 is 5.95. The van der Waals surface area contributed by atoms with E-state index in [0.29, 0.717) is 12.6 Å². The summed E-state index contributed by atoms with van der Waals surface area (Å²) in [4.78, 5) is 15.1. The van der Waals surface area contributed by atoms with Gasteiger partial charge in [-0.15, -0.1) is 0 Å². The van der Waals surface area contributed by atoms with Crippen LogP contribution in [-0.2, 0) is 4.74 Å². The number of amides is 1. The van der Waals surface area contributed by atoms with Crippen LogP contribution in [0, 0.1) is 5.92 Å². The highest BCUT2D eigenvalue weighted by Crippen LogP contribution is 2.45. The third-order valence-electron chi connectivity index (χ3n) is 7.06. The van der Waals surface area contributed by atoms with Crippen LogP contribution < -0.4 is 0 Å². The minimum Gasteiger partial charge on any atom is -0.448 e. The van der Waals surface area contributed by atoms with Crippen LogP contribution in [0.15, 0.2) is 60.2 Å². The van der Waals surface area contributed by atoms with Crippen molar-refractivity contribution in [1.29, 1.82) is 0 Å². The maximum Gasteiger partial charge on any atom is 0.410 e. The molecule has 0 saturated carbocycles. The maximum absolute atomic E-state index is 13.1. The van der Waals surface area contributed by atoms with Crippen LogP contribution in [0.5, 0.6) is 0 Å². The van der Waals surface area contributed by atoms with Crippen LogP contribution in [0.2, 0.25) is 0 Å². The Morgan fingerprint density at radius 1 is 1.03 bits per heavy atom. The molecule has 2 bridgehead atoms. The SMILES string of the molecule is CC(C)CCC1=CC2CCC(C1)N2C(=O)OCC1c2ccccc2-c2ccccc21. The largest absolute Gasteiger partial charge is 0.448 e. The molecule has 30 heavy (non-hydrogen) atoms. The number of ether oxygens (including phenoxy) is 1.